The van der Waals surface area contributed by atoms with Gasteiger partial charge < -0.3 is 15.8 Å². The number of ether oxygens (including phenoxy) is 1. The van der Waals surface area contributed by atoms with Crippen molar-refractivity contribution in [3.8, 4) is 0 Å². The van der Waals surface area contributed by atoms with Gasteiger partial charge in [-0.25, -0.2) is 0 Å². The number of benzene rings is 1. The third-order valence-electron chi connectivity index (χ3n) is 2.98. The minimum atomic E-state index is -0.150. The predicted molar refractivity (Wildman–Crippen MR) is 83.7 cm³/mol. The van der Waals surface area contributed by atoms with Crippen LogP contribution < -0.4 is 11.1 Å². The molecule has 1 atom stereocenters. The number of carbonyl (C=O) groups excluding carboxylic acids is 1. The lowest BCUT2D eigenvalue weighted by Crippen LogP contribution is -2.33. The van der Waals surface area contributed by atoms with E-state index in [4.69, 9.17) is 10.5 Å². The van der Waals surface area contributed by atoms with E-state index < -0.39 is 0 Å². The third kappa shape index (κ3) is 6.37. The molecule has 114 valence electrons. The van der Waals surface area contributed by atoms with Crippen molar-refractivity contribution in [3.05, 3.63) is 35.4 Å². The van der Waals surface area contributed by atoms with Crippen LogP contribution in [0.5, 0.6) is 0 Å². The van der Waals surface area contributed by atoms with Crippen molar-refractivity contribution in [3.63, 3.8) is 0 Å². The van der Waals surface area contributed by atoms with Crippen LogP contribution in [-0.2, 0) is 22.7 Å². The standard InChI is InChI=1S/C15H24N2O2.ClH/c1-3-8-19-11-14-7-5-4-6-13(14)10-17-15(18)12(2)9-16;/h4-7,12H,3,8-11,16H2,1-2H3,(H,17,18);1H. The summed E-state index contributed by atoms with van der Waals surface area (Å²) in [6.45, 7) is 6.14. The first-order chi connectivity index (χ1) is 9.19. The highest BCUT2D eigenvalue weighted by Crippen LogP contribution is 2.10. The molecule has 3 N–H and O–H groups in total. The van der Waals surface area contributed by atoms with Crippen LogP contribution in [0.3, 0.4) is 0 Å². The van der Waals surface area contributed by atoms with Crippen molar-refractivity contribution >= 4 is 18.3 Å². The Hall–Kier alpha value is -1.10. The van der Waals surface area contributed by atoms with Crippen LogP contribution >= 0.6 is 12.4 Å². The summed E-state index contributed by atoms with van der Waals surface area (Å²) < 4.78 is 5.55. The number of rotatable bonds is 8. The maximum absolute atomic E-state index is 11.7. The largest absolute Gasteiger partial charge is 0.377 e. The van der Waals surface area contributed by atoms with E-state index in [0.29, 0.717) is 19.7 Å². The van der Waals surface area contributed by atoms with Gasteiger partial charge in [-0.3, -0.25) is 4.79 Å². The van der Waals surface area contributed by atoms with E-state index in [9.17, 15) is 4.79 Å². The predicted octanol–water partition coefficient (Wildman–Crippen LogP) is 2.25. The van der Waals surface area contributed by atoms with Crippen LogP contribution in [0.4, 0.5) is 0 Å². The molecular weight excluding hydrogens is 276 g/mol. The van der Waals surface area contributed by atoms with Gasteiger partial charge in [-0.05, 0) is 17.5 Å². The summed E-state index contributed by atoms with van der Waals surface area (Å²) in [5, 5.41) is 2.91. The Morgan fingerprint density at radius 1 is 1.35 bits per heavy atom. The molecule has 1 amide bonds. The topological polar surface area (TPSA) is 64.3 Å². The number of halogens is 1. The van der Waals surface area contributed by atoms with E-state index in [1.165, 1.54) is 0 Å². The van der Waals surface area contributed by atoms with Gasteiger partial charge in [0.1, 0.15) is 0 Å². The molecule has 0 heterocycles. The molecule has 0 aliphatic carbocycles. The highest BCUT2D eigenvalue weighted by Gasteiger charge is 2.10. The first-order valence-corrected chi connectivity index (χ1v) is 6.81. The van der Waals surface area contributed by atoms with Gasteiger partial charge in [0.25, 0.3) is 0 Å². The Morgan fingerprint density at radius 2 is 2.00 bits per heavy atom. The Bertz CT molecular complexity index is 399. The van der Waals surface area contributed by atoms with Crippen molar-refractivity contribution < 1.29 is 9.53 Å². The summed E-state index contributed by atoms with van der Waals surface area (Å²) in [6.07, 6.45) is 1.01. The molecule has 20 heavy (non-hydrogen) atoms. The second kappa shape index (κ2) is 10.7. The van der Waals surface area contributed by atoms with E-state index in [1.807, 2.05) is 31.2 Å². The second-order valence-electron chi connectivity index (χ2n) is 4.68. The van der Waals surface area contributed by atoms with E-state index in [2.05, 4.69) is 12.2 Å². The molecule has 0 aliphatic rings. The lowest BCUT2D eigenvalue weighted by atomic mass is 10.1. The van der Waals surface area contributed by atoms with Crippen LogP contribution in [-0.4, -0.2) is 19.1 Å². The summed E-state index contributed by atoms with van der Waals surface area (Å²) in [6, 6.07) is 8.00. The van der Waals surface area contributed by atoms with E-state index in [-0.39, 0.29) is 24.2 Å². The molecule has 1 unspecified atom stereocenters. The Kier molecular flexibility index (Phi) is 10.1. The molecule has 0 bridgehead atoms. The third-order valence-corrected chi connectivity index (χ3v) is 2.98. The Morgan fingerprint density at radius 3 is 2.60 bits per heavy atom. The SMILES string of the molecule is CCCOCc1ccccc1CNC(=O)C(C)CN.Cl. The summed E-state index contributed by atoms with van der Waals surface area (Å²) in [4.78, 5) is 11.7. The Labute approximate surface area is 127 Å². The van der Waals surface area contributed by atoms with Gasteiger partial charge in [0.15, 0.2) is 0 Å². The van der Waals surface area contributed by atoms with Gasteiger partial charge in [-0.15, -0.1) is 12.4 Å². The number of nitrogens with two attached hydrogens (primary N) is 1. The van der Waals surface area contributed by atoms with Crippen molar-refractivity contribution in [1.29, 1.82) is 0 Å². The zero-order chi connectivity index (χ0) is 14.1. The first-order valence-electron chi connectivity index (χ1n) is 6.81. The van der Waals surface area contributed by atoms with Crippen molar-refractivity contribution in [2.75, 3.05) is 13.2 Å². The lowest BCUT2D eigenvalue weighted by molar-refractivity contribution is -0.124. The van der Waals surface area contributed by atoms with Gasteiger partial charge in [-0.1, -0.05) is 38.1 Å². The van der Waals surface area contributed by atoms with E-state index in [1.54, 1.807) is 0 Å². The molecule has 0 radical (unpaired) electrons. The van der Waals surface area contributed by atoms with E-state index >= 15 is 0 Å². The summed E-state index contributed by atoms with van der Waals surface area (Å²) in [5.41, 5.74) is 7.69. The maximum atomic E-state index is 11.7. The number of carbonyl (C=O) groups is 1. The van der Waals surface area contributed by atoms with Crippen molar-refractivity contribution in [1.82, 2.24) is 5.32 Å². The van der Waals surface area contributed by atoms with Crippen LogP contribution in [0.15, 0.2) is 24.3 Å². The molecule has 0 saturated heterocycles. The molecule has 1 rings (SSSR count). The van der Waals surface area contributed by atoms with Gasteiger partial charge >= 0.3 is 0 Å². The lowest BCUT2D eigenvalue weighted by Gasteiger charge is -2.13. The van der Waals surface area contributed by atoms with Gasteiger partial charge in [0.05, 0.1) is 6.61 Å². The number of hydrogen-bond acceptors (Lipinski definition) is 3. The average molecular weight is 301 g/mol. The Balaban J connectivity index is 0.00000361. The minimum absolute atomic E-state index is 0. The van der Waals surface area contributed by atoms with Gasteiger partial charge in [0, 0.05) is 25.6 Å². The summed E-state index contributed by atoms with van der Waals surface area (Å²) in [5.74, 6) is -0.157. The van der Waals surface area contributed by atoms with Gasteiger partial charge in [-0.2, -0.15) is 0 Å². The first kappa shape index (κ1) is 18.9. The molecule has 0 aromatic heterocycles. The molecule has 0 saturated carbocycles. The normalized spacial score (nSPS) is 11.6. The van der Waals surface area contributed by atoms with Crippen molar-refractivity contribution in [2.24, 2.45) is 11.7 Å². The summed E-state index contributed by atoms with van der Waals surface area (Å²) in [7, 11) is 0. The second-order valence-corrected chi connectivity index (χ2v) is 4.68. The quantitative estimate of drug-likeness (QED) is 0.724. The van der Waals surface area contributed by atoms with Crippen LogP contribution in [0.1, 0.15) is 31.4 Å². The fourth-order valence-electron chi connectivity index (χ4n) is 1.66. The molecule has 4 nitrogen and oxygen atoms in total. The molecule has 1 aromatic rings. The molecule has 0 fully saturated rings. The summed E-state index contributed by atoms with van der Waals surface area (Å²) >= 11 is 0. The highest BCUT2D eigenvalue weighted by molar-refractivity contribution is 5.85. The zero-order valence-electron chi connectivity index (χ0n) is 12.2. The fraction of sp³-hybridized carbons (Fsp3) is 0.533. The number of hydrogen-bond donors (Lipinski definition) is 2. The highest BCUT2D eigenvalue weighted by atomic mass is 35.5. The maximum Gasteiger partial charge on any atom is 0.224 e. The van der Waals surface area contributed by atoms with Crippen LogP contribution in [0.2, 0.25) is 0 Å². The molecule has 0 aliphatic heterocycles. The smallest absolute Gasteiger partial charge is 0.224 e. The fourth-order valence-corrected chi connectivity index (χ4v) is 1.66. The van der Waals surface area contributed by atoms with Crippen molar-refractivity contribution in [2.45, 2.75) is 33.4 Å². The average Bonchev–Trinajstić information content (AvgIpc) is 2.45. The molecule has 1 aromatic carbocycles. The number of nitrogens with one attached hydrogen (secondary N) is 1. The van der Waals surface area contributed by atoms with Crippen LogP contribution in [0, 0.1) is 5.92 Å². The minimum Gasteiger partial charge on any atom is -0.377 e. The molecule has 5 heteroatoms. The molecule has 0 spiro atoms. The zero-order valence-corrected chi connectivity index (χ0v) is 13.0. The van der Waals surface area contributed by atoms with Gasteiger partial charge in [0.2, 0.25) is 5.91 Å². The van der Waals surface area contributed by atoms with Crippen LogP contribution in [0.25, 0.3) is 0 Å². The number of amides is 1. The van der Waals surface area contributed by atoms with E-state index in [0.717, 1.165) is 24.2 Å². The molecular formula is C15H25ClN2O2. The monoisotopic (exact) mass is 300 g/mol.